The molecule has 1 aliphatic rings. The predicted octanol–water partition coefficient (Wildman–Crippen LogP) is 1.92. The summed E-state index contributed by atoms with van der Waals surface area (Å²) >= 11 is 0. The summed E-state index contributed by atoms with van der Waals surface area (Å²) in [5.41, 5.74) is 0.402. The lowest BCUT2D eigenvalue weighted by atomic mass is 9.97. The maximum Gasteiger partial charge on any atom is 0.129 e. The fraction of sp³-hybridized carbons (Fsp3) is 0.375. The summed E-state index contributed by atoms with van der Waals surface area (Å²) in [6.45, 7) is 2.01. The van der Waals surface area contributed by atoms with Crippen molar-refractivity contribution in [3.05, 3.63) is 23.5 Å². The molecule has 2 heteroatoms. The first-order valence-corrected chi connectivity index (χ1v) is 3.25. The molecule has 0 radical (unpaired) electrons. The summed E-state index contributed by atoms with van der Waals surface area (Å²) in [5.74, 6) is 0.506. The lowest BCUT2D eigenvalue weighted by Crippen LogP contribution is -1.99. The number of aliphatic hydroxyl groups is 1. The molecule has 0 bridgehead atoms. The molecule has 0 fully saturated rings. The second-order valence-corrected chi connectivity index (χ2v) is 2.49. The van der Waals surface area contributed by atoms with Crippen LogP contribution in [-0.4, -0.2) is 5.11 Å². The van der Waals surface area contributed by atoms with Crippen molar-refractivity contribution in [1.82, 2.24) is 0 Å². The van der Waals surface area contributed by atoms with Crippen LogP contribution in [0.25, 0.3) is 0 Å². The second-order valence-electron chi connectivity index (χ2n) is 2.49. The third-order valence-electron chi connectivity index (χ3n) is 1.53. The third-order valence-corrected chi connectivity index (χ3v) is 1.53. The van der Waals surface area contributed by atoms with E-state index in [0.29, 0.717) is 11.5 Å². The third kappa shape index (κ3) is 1.19. The van der Waals surface area contributed by atoms with E-state index in [2.05, 4.69) is 0 Å². The highest BCUT2D eigenvalue weighted by Gasteiger charge is 2.10. The van der Waals surface area contributed by atoms with E-state index in [-0.39, 0.29) is 5.76 Å². The molecule has 1 aliphatic carbocycles. The average Bonchev–Trinajstić information content (AvgIpc) is 1.94. The Kier molecular flexibility index (Phi) is 1.77. The summed E-state index contributed by atoms with van der Waals surface area (Å²) in [6.07, 6.45) is 4.30. The summed E-state index contributed by atoms with van der Waals surface area (Å²) in [5, 5.41) is 17.5. The number of hydrogen-bond donors (Lipinski definition) is 1. The van der Waals surface area contributed by atoms with Crippen LogP contribution < -0.4 is 0 Å². The number of aliphatic hydroxyl groups excluding tert-OH is 1. The van der Waals surface area contributed by atoms with Gasteiger partial charge >= 0.3 is 0 Å². The number of hydrogen-bond acceptors (Lipinski definition) is 2. The van der Waals surface area contributed by atoms with Gasteiger partial charge in [0.2, 0.25) is 0 Å². The number of allylic oxidation sites excluding steroid dienone is 3. The first-order valence-electron chi connectivity index (χ1n) is 3.25. The Balaban J connectivity index is 2.87. The lowest BCUT2D eigenvalue weighted by molar-refractivity contribution is 0.416. The van der Waals surface area contributed by atoms with E-state index in [1.165, 1.54) is 0 Å². The Labute approximate surface area is 60.1 Å². The Bertz CT molecular complexity index is 232. The fourth-order valence-electron chi connectivity index (χ4n) is 0.940. The molecule has 1 atom stereocenters. The molecule has 0 saturated heterocycles. The standard InChI is InChI=1S/C8H9NO/c1-6-2-3-8(10)7(4-6)5-9/h3-4,6,10H,2H2,1H3. The SMILES string of the molecule is CC1C=C(C#N)C(O)=CC1. The largest absolute Gasteiger partial charge is 0.507 e. The van der Waals surface area contributed by atoms with E-state index in [9.17, 15) is 0 Å². The van der Waals surface area contributed by atoms with E-state index in [1.807, 2.05) is 13.0 Å². The molecule has 0 heterocycles. The van der Waals surface area contributed by atoms with Crippen LogP contribution in [0.5, 0.6) is 0 Å². The van der Waals surface area contributed by atoms with Crippen molar-refractivity contribution in [2.75, 3.05) is 0 Å². The monoisotopic (exact) mass is 135 g/mol. The predicted molar refractivity (Wildman–Crippen MR) is 38.2 cm³/mol. The van der Waals surface area contributed by atoms with Crippen LogP contribution >= 0.6 is 0 Å². The van der Waals surface area contributed by atoms with Gasteiger partial charge in [-0.25, -0.2) is 0 Å². The molecule has 0 aliphatic heterocycles. The molecule has 0 aromatic heterocycles. The molecule has 0 aromatic rings. The van der Waals surface area contributed by atoms with Crippen LogP contribution in [-0.2, 0) is 0 Å². The van der Waals surface area contributed by atoms with Crippen LogP contribution in [0.4, 0.5) is 0 Å². The van der Waals surface area contributed by atoms with Gasteiger partial charge in [0.05, 0.1) is 5.57 Å². The Morgan fingerprint density at radius 3 is 3.00 bits per heavy atom. The van der Waals surface area contributed by atoms with Crippen molar-refractivity contribution in [2.24, 2.45) is 5.92 Å². The van der Waals surface area contributed by atoms with Crippen LogP contribution in [0.2, 0.25) is 0 Å². The van der Waals surface area contributed by atoms with Gasteiger partial charge in [-0.1, -0.05) is 13.0 Å². The van der Waals surface area contributed by atoms with Gasteiger partial charge in [0.25, 0.3) is 0 Å². The summed E-state index contributed by atoms with van der Waals surface area (Å²) < 4.78 is 0. The zero-order valence-corrected chi connectivity index (χ0v) is 5.83. The molecule has 52 valence electrons. The average molecular weight is 135 g/mol. The minimum Gasteiger partial charge on any atom is -0.507 e. The van der Waals surface area contributed by atoms with Crippen molar-refractivity contribution >= 4 is 0 Å². The van der Waals surface area contributed by atoms with E-state index in [1.54, 1.807) is 12.2 Å². The Morgan fingerprint density at radius 1 is 1.80 bits per heavy atom. The topological polar surface area (TPSA) is 44.0 Å². The van der Waals surface area contributed by atoms with Crippen molar-refractivity contribution in [1.29, 1.82) is 5.26 Å². The minimum atomic E-state index is 0.126. The molecular formula is C8H9NO. The van der Waals surface area contributed by atoms with Gasteiger partial charge in [0.1, 0.15) is 11.8 Å². The molecule has 1 rings (SSSR count). The van der Waals surface area contributed by atoms with Crippen LogP contribution in [0, 0.1) is 17.2 Å². The van der Waals surface area contributed by atoms with E-state index < -0.39 is 0 Å². The molecule has 1 N–H and O–H groups in total. The summed E-state index contributed by atoms with van der Waals surface area (Å²) in [4.78, 5) is 0. The molecular weight excluding hydrogens is 126 g/mol. The first-order chi connectivity index (χ1) is 4.74. The van der Waals surface area contributed by atoms with Gasteiger partial charge in [-0.05, 0) is 18.4 Å². The van der Waals surface area contributed by atoms with E-state index in [0.717, 1.165) is 6.42 Å². The zero-order valence-electron chi connectivity index (χ0n) is 5.83. The van der Waals surface area contributed by atoms with E-state index >= 15 is 0 Å². The highest BCUT2D eigenvalue weighted by molar-refractivity contribution is 5.39. The van der Waals surface area contributed by atoms with Gasteiger partial charge in [-0.2, -0.15) is 5.26 Å². The van der Waals surface area contributed by atoms with Crippen molar-refractivity contribution in [3.8, 4) is 6.07 Å². The quantitative estimate of drug-likeness (QED) is 0.551. The van der Waals surface area contributed by atoms with Gasteiger partial charge in [-0.3, -0.25) is 0 Å². The molecule has 10 heavy (non-hydrogen) atoms. The number of rotatable bonds is 0. The minimum absolute atomic E-state index is 0.126. The summed E-state index contributed by atoms with van der Waals surface area (Å²) in [7, 11) is 0. The first kappa shape index (κ1) is 6.88. The normalized spacial score (nSPS) is 24.6. The second kappa shape index (κ2) is 2.57. The number of nitriles is 1. The van der Waals surface area contributed by atoms with Crippen molar-refractivity contribution in [3.63, 3.8) is 0 Å². The maximum atomic E-state index is 9.06. The van der Waals surface area contributed by atoms with Crippen LogP contribution in [0.3, 0.4) is 0 Å². The highest BCUT2D eigenvalue weighted by atomic mass is 16.3. The molecule has 2 nitrogen and oxygen atoms in total. The molecule has 1 unspecified atom stereocenters. The van der Waals surface area contributed by atoms with Gasteiger partial charge in [0.15, 0.2) is 0 Å². The summed E-state index contributed by atoms with van der Waals surface area (Å²) in [6, 6.07) is 1.93. The Morgan fingerprint density at radius 2 is 2.50 bits per heavy atom. The van der Waals surface area contributed by atoms with Crippen molar-refractivity contribution in [2.45, 2.75) is 13.3 Å². The lowest BCUT2D eigenvalue weighted by Gasteiger charge is -2.09. The van der Waals surface area contributed by atoms with Crippen molar-refractivity contribution < 1.29 is 5.11 Å². The van der Waals surface area contributed by atoms with Gasteiger partial charge < -0.3 is 5.11 Å². The molecule has 0 aromatic carbocycles. The maximum absolute atomic E-state index is 9.06. The van der Waals surface area contributed by atoms with Gasteiger partial charge in [0, 0.05) is 0 Å². The molecule has 0 amide bonds. The highest BCUT2D eigenvalue weighted by Crippen LogP contribution is 2.19. The number of nitrogens with zero attached hydrogens (tertiary/aromatic N) is 1. The molecule has 0 saturated carbocycles. The smallest absolute Gasteiger partial charge is 0.129 e. The van der Waals surface area contributed by atoms with Crippen LogP contribution in [0.1, 0.15) is 13.3 Å². The zero-order chi connectivity index (χ0) is 7.56. The Hall–Kier alpha value is -1.23. The fourth-order valence-corrected chi connectivity index (χ4v) is 0.940. The van der Waals surface area contributed by atoms with E-state index in [4.69, 9.17) is 10.4 Å². The van der Waals surface area contributed by atoms with Gasteiger partial charge in [-0.15, -0.1) is 0 Å². The van der Waals surface area contributed by atoms with Crippen LogP contribution in [0.15, 0.2) is 23.5 Å². The molecule has 0 spiro atoms.